The van der Waals surface area contributed by atoms with Crippen molar-refractivity contribution >= 4 is 17.5 Å². The molecule has 0 unspecified atom stereocenters. The van der Waals surface area contributed by atoms with E-state index in [1.165, 1.54) is 0 Å². The molecule has 4 rings (SSSR count). The molecular formula is C24H30N6O2. The number of rotatable bonds is 7. The van der Waals surface area contributed by atoms with Crippen molar-refractivity contribution in [1.29, 1.82) is 0 Å². The quantitative estimate of drug-likeness (QED) is 0.618. The molecule has 0 bridgehead atoms. The molecule has 0 spiro atoms. The van der Waals surface area contributed by atoms with Crippen LogP contribution in [0.15, 0.2) is 48.8 Å². The van der Waals surface area contributed by atoms with Crippen LogP contribution in [0, 0.1) is 6.92 Å². The Morgan fingerprint density at radius 3 is 2.56 bits per heavy atom. The molecule has 1 aromatic carbocycles. The maximum atomic E-state index is 13.3. The Morgan fingerprint density at radius 1 is 1.16 bits per heavy atom. The van der Waals surface area contributed by atoms with Gasteiger partial charge in [-0.05, 0) is 44.9 Å². The van der Waals surface area contributed by atoms with Crippen molar-refractivity contribution in [1.82, 2.24) is 24.9 Å². The van der Waals surface area contributed by atoms with Crippen molar-refractivity contribution in [3.8, 4) is 0 Å². The molecule has 32 heavy (non-hydrogen) atoms. The van der Waals surface area contributed by atoms with Crippen LogP contribution in [0.2, 0.25) is 0 Å². The Bertz CT molecular complexity index is 1050. The van der Waals surface area contributed by atoms with E-state index in [4.69, 9.17) is 0 Å². The van der Waals surface area contributed by atoms with Crippen molar-refractivity contribution in [3.05, 3.63) is 65.7 Å². The standard InChI is InChI=1S/C24H30N6O2/c1-3-29(20-7-5-4-6-8-20)24(32)21-17-25-27-23(21)19-10-14-28(15-11-19)22(31)12-16-30-18(2)9-13-26-30/h4-9,13,17,19H,3,10-12,14-16H2,1-2H3,(H,25,27). The molecule has 1 aliphatic heterocycles. The Hall–Kier alpha value is -3.42. The Kier molecular flexibility index (Phi) is 6.68. The van der Waals surface area contributed by atoms with E-state index in [-0.39, 0.29) is 17.7 Å². The molecule has 8 heteroatoms. The highest BCUT2D eigenvalue weighted by Crippen LogP contribution is 2.30. The molecule has 168 valence electrons. The van der Waals surface area contributed by atoms with Gasteiger partial charge in [-0.15, -0.1) is 0 Å². The highest BCUT2D eigenvalue weighted by molar-refractivity contribution is 6.06. The number of nitrogens with one attached hydrogen (secondary N) is 1. The first kappa shape index (κ1) is 21.8. The summed E-state index contributed by atoms with van der Waals surface area (Å²) < 4.78 is 1.86. The van der Waals surface area contributed by atoms with Crippen molar-refractivity contribution < 1.29 is 9.59 Å². The zero-order valence-corrected chi connectivity index (χ0v) is 18.7. The van der Waals surface area contributed by atoms with Gasteiger partial charge in [-0.2, -0.15) is 10.2 Å². The highest BCUT2D eigenvalue weighted by Gasteiger charge is 2.29. The first-order valence-electron chi connectivity index (χ1n) is 11.2. The first-order valence-corrected chi connectivity index (χ1v) is 11.2. The molecule has 3 aromatic rings. The van der Waals surface area contributed by atoms with Crippen LogP contribution in [0.5, 0.6) is 0 Å². The second-order valence-corrected chi connectivity index (χ2v) is 8.18. The molecule has 0 radical (unpaired) electrons. The third-order valence-electron chi connectivity index (χ3n) is 6.25. The number of para-hydroxylation sites is 1. The average Bonchev–Trinajstić information content (AvgIpc) is 3.48. The largest absolute Gasteiger partial charge is 0.343 e. The van der Waals surface area contributed by atoms with E-state index >= 15 is 0 Å². The summed E-state index contributed by atoms with van der Waals surface area (Å²) in [5.74, 6) is 0.291. The number of benzene rings is 1. The molecule has 0 atom stereocenters. The van der Waals surface area contributed by atoms with Gasteiger partial charge in [-0.25, -0.2) is 0 Å². The monoisotopic (exact) mass is 434 g/mol. The topological polar surface area (TPSA) is 87.1 Å². The molecule has 2 amide bonds. The average molecular weight is 435 g/mol. The van der Waals surface area contributed by atoms with Crippen LogP contribution in [0.25, 0.3) is 0 Å². The fourth-order valence-corrected chi connectivity index (χ4v) is 4.38. The van der Waals surface area contributed by atoms with Crippen molar-refractivity contribution in [2.45, 2.75) is 45.6 Å². The van der Waals surface area contributed by atoms with Crippen molar-refractivity contribution in [3.63, 3.8) is 0 Å². The van der Waals surface area contributed by atoms with Gasteiger partial charge in [0.2, 0.25) is 5.91 Å². The number of aryl methyl sites for hydroxylation is 2. The second kappa shape index (κ2) is 9.80. The summed E-state index contributed by atoms with van der Waals surface area (Å²) in [6.07, 6.45) is 5.46. The summed E-state index contributed by atoms with van der Waals surface area (Å²) in [5, 5.41) is 11.5. The Balaban J connectivity index is 1.37. The van der Waals surface area contributed by atoms with Gasteiger partial charge in [0, 0.05) is 56.1 Å². The molecular weight excluding hydrogens is 404 g/mol. The summed E-state index contributed by atoms with van der Waals surface area (Å²) in [4.78, 5) is 29.6. The van der Waals surface area contributed by atoms with Gasteiger partial charge in [0.1, 0.15) is 0 Å². The third-order valence-corrected chi connectivity index (χ3v) is 6.25. The predicted octanol–water partition coefficient (Wildman–Crippen LogP) is 3.38. The number of anilines is 1. The summed E-state index contributed by atoms with van der Waals surface area (Å²) >= 11 is 0. The number of hydrogen-bond acceptors (Lipinski definition) is 4. The van der Waals surface area contributed by atoms with Crippen molar-refractivity contribution in [2.75, 3.05) is 24.5 Å². The van der Waals surface area contributed by atoms with E-state index in [0.29, 0.717) is 38.2 Å². The maximum Gasteiger partial charge on any atom is 0.261 e. The van der Waals surface area contributed by atoms with Gasteiger partial charge in [-0.1, -0.05) is 18.2 Å². The zero-order chi connectivity index (χ0) is 22.5. The molecule has 8 nitrogen and oxygen atoms in total. The summed E-state index contributed by atoms with van der Waals surface area (Å²) in [6.45, 7) is 6.51. The third kappa shape index (κ3) is 4.59. The molecule has 1 N–H and O–H groups in total. The summed E-state index contributed by atoms with van der Waals surface area (Å²) in [6, 6.07) is 11.6. The van der Waals surface area contributed by atoms with E-state index in [1.54, 1.807) is 17.3 Å². The van der Waals surface area contributed by atoms with Crippen LogP contribution >= 0.6 is 0 Å². The van der Waals surface area contributed by atoms with Gasteiger partial charge in [0.05, 0.1) is 17.5 Å². The van der Waals surface area contributed by atoms with Crippen molar-refractivity contribution in [2.24, 2.45) is 0 Å². The van der Waals surface area contributed by atoms with Crippen LogP contribution in [0.4, 0.5) is 5.69 Å². The van der Waals surface area contributed by atoms with Crippen LogP contribution in [-0.2, 0) is 11.3 Å². The fraction of sp³-hybridized carbons (Fsp3) is 0.417. The lowest BCUT2D eigenvalue weighted by atomic mass is 9.91. The van der Waals surface area contributed by atoms with Crippen LogP contribution in [0.1, 0.15) is 53.8 Å². The number of aromatic nitrogens is 4. The second-order valence-electron chi connectivity index (χ2n) is 8.18. The lowest BCUT2D eigenvalue weighted by Gasteiger charge is -2.32. The van der Waals surface area contributed by atoms with Gasteiger partial charge >= 0.3 is 0 Å². The number of aromatic amines is 1. The van der Waals surface area contributed by atoms with Crippen LogP contribution in [-0.4, -0.2) is 56.3 Å². The molecule has 1 aliphatic rings. The molecule has 0 aliphatic carbocycles. The number of nitrogens with zero attached hydrogens (tertiary/aromatic N) is 5. The lowest BCUT2D eigenvalue weighted by molar-refractivity contribution is -0.132. The smallest absolute Gasteiger partial charge is 0.261 e. The number of hydrogen-bond donors (Lipinski definition) is 1. The van der Waals surface area contributed by atoms with Crippen LogP contribution < -0.4 is 4.90 Å². The maximum absolute atomic E-state index is 13.3. The Morgan fingerprint density at radius 2 is 1.91 bits per heavy atom. The van der Waals surface area contributed by atoms with Gasteiger partial charge in [0.25, 0.3) is 5.91 Å². The molecule has 0 saturated carbocycles. The zero-order valence-electron chi connectivity index (χ0n) is 18.7. The first-order chi connectivity index (χ1) is 15.6. The minimum Gasteiger partial charge on any atom is -0.343 e. The SMILES string of the molecule is CCN(C(=O)c1cn[nH]c1C1CCN(C(=O)CCn2nccc2C)CC1)c1ccccc1. The van der Waals surface area contributed by atoms with E-state index < -0.39 is 0 Å². The number of likely N-dealkylation sites (tertiary alicyclic amines) is 1. The van der Waals surface area contributed by atoms with Crippen LogP contribution in [0.3, 0.4) is 0 Å². The van der Waals surface area contributed by atoms with E-state index in [2.05, 4.69) is 15.3 Å². The predicted molar refractivity (Wildman–Crippen MR) is 123 cm³/mol. The highest BCUT2D eigenvalue weighted by atomic mass is 16.2. The van der Waals surface area contributed by atoms with Gasteiger partial charge < -0.3 is 9.80 Å². The minimum atomic E-state index is -0.0458. The van der Waals surface area contributed by atoms with E-state index in [1.807, 2.05) is 59.8 Å². The van der Waals surface area contributed by atoms with E-state index in [9.17, 15) is 9.59 Å². The molecule has 3 heterocycles. The van der Waals surface area contributed by atoms with E-state index in [0.717, 1.165) is 29.9 Å². The summed E-state index contributed by atoms with van der Waals surface area (Å²) in [7, 11) is 0. The minimum absolute atomic E-state index is 0.0458. The summed E-state index contributed by atoms with van der Waals surface area (Å²) in [5.41, 5.74) is 3.43. The number of carbonyl (C=O) groups is 2. The number of H-pyrrole nitrogens is 1. The molecule has 1 saturated heterocycles. The Labute approximate surface area is 188 Å². The number of carbonyl (C=O) groups excluding carboxylic acids is 2. The molecule has 2 aromatic heterocycles. The number of amides is 2. The van der Waals surface area contributed by atoms with Gasteiger partial charge in [0.15, 0.2) is 0 Å². The lowest BCUT2D eigenvalue weighted by Crippen LogP contribution is -2.39. The van der Waals surface area contributed by atoms with Gasteiger partial charge in [-0.3, -0.25) is 19.4 Å². The molecule has 1 fully saturated rings. The normalized spacial score (nSPS) is 14.5. The fourth-order valence-electron chi connectivity index (χ4n) is 4.38. The number of piperidine rings is 1.